The molecule has 0 aromatic heterocycles. The van der Waals surface area contributed by atoms with E-state index in [2.05, 4.69) is 25.7 Å². The van der Waals surface area contributed by atoms with Gasteiger partial charge >= 0.3 is 0 Å². The Bertz CT molecular complexity index is 445. The number of rotatable bonds is 5. The summed E-state index contributed by atoms with van der Waals surface area (Å²) in [5.74, 6) is 3.77. The Kier molecular flexibility index (Phi) is 5.18. The molecule has 2 nitrogen and oxygen atoms in total. The lowest BCUT2D eigenvalue weighted by atomic mass is 9.51. The maximum Gasteiger partial charge on any atom is 0.243 e. The van der Waals surface area contributed by atoms with Crippen molar-refractivity contribution < 1.29 is 4.79 Å². The zero-order valence-corrected chi connectivity index (χ0v) is 15.2. The molecule has 0 radical (unpaired) electrons. The Labute approximate surface area is 142 Å². The summed E-state index contributed by atoms with van der Waals surface area (Å²) in [6.45, 7) is 8.48. The van der Waals surface area contributed by atoms with Gasteiger partial charge < -0.3 is 5.32 Å². The van der Waals surface area contributed by atoms with E-state index in [0.29, 0.717) is 17.8 Å². The first-order chi connectivity index (χ1) is 11.1. The summed E-state index contributed by atoms with van der Waals surface area (Å²) in [5.41, 5.74) is 0.0497. The van der Waals surface area contributed by atoms with Crippen LogP contribution in [0, 0.1) is 29.6 Å². The molecule has 0 aromatic rings. The third-order valence-corrected chi connectivity index (χ3v) is 7.39. The van der Waals surface area contributed by atoms with Gasteiger partial charge in [-0.2, -0.15) is 0 Å². The molecule has 2 heteroatoms. The highest BCUT2D eigenvalue weighted by Gasteiger charge is 2.57. The summed E-state index contributed by atoms with van der Waals surface area (Å²) in [6, 6.07) is 0. The fourth-order valence-electron chi connectivity index (χ4n) is 6.60. The number of carbonyl (C=O) groups is 1. The molecule has 3 saturated carbocycles. The van der Waals surface area contributed by atoms with Crippen molar-refractivity contribution in [2.45, 2.75) is 83.6 Å². The first-order valence-corrected chi connectivity index (χ1v) is 10.1. The van der Waals surface area contributed by atoms with Crippen LogP contribution in [0.15, 0.2) is 12.7 Å². The van der Waals surface area contributed by atoms with Crippen LogP contribution in [0.4, 0.5) is 0 Å². The molecule has 0 heterocycles. The van der Waals surface area contributed by atoms with Crippen molar-refractivity contribution in [3.8, 4) is 0 Å². The predicted octanol–water partition coefficient (Wildman–Crippen LogP) is 5.09. The van der Waals surface area contributed by atoms with E-state index in [-0.39, 0.29) is 11.4 Å². The summed E-state index contributed by atoms with van der Waals surface area (Å²) >= 11 is 0. The highest BCUT2D eigenvalue weighted by atomic mass is 16.1. The molecule has 0 aliphatic heterocycles. The zero-order valence-electron chi connectivity index (χ0n) is 15.2. The molecule has 3 aliphatic rings. The first kappa shape index (κ1) is 17.0. The molecule has 3 aliphatic carbocycles. The van der Waals surface area contributed by atoms with Gasteiger partial charge in [-0.15, -0.1) is 0 Å². The van der Waals surface area contributed by atoms with Gasteiger partial charge in [0, 0.05) is 5.54 Å². The van der Waals surface area contributed by atoms with Gasteiger partial charge in [0.15, 0.2) is 0 Å². The second kappa shape index (κ2) is 6.99. The molecular formula is C21H35NO. The molecule has 0 aromatic carbocycles. The summed E-state index contributed by atoms with van der Waals surface area (Å²) in [5, 5.41) is 3.59. The number of fused-ring (bicyclic) bond motifs is 2. The lowest BCUT2D eigenvalue weighted by Gasteiger charge is -2.58. The third-order valence-electron chi connectivity index (χ3n) is 7.39. The second-order valence-electron chi connectivity index (χ2n) is 8.59. The van der Waals surface area contributed by atoms with E-state index in [1.165, 1.54) is 70.3 Å². The van der Waals surface area contributed by atoms with Crippen molar-refractivity contribution in [3.05, 3.63) is 12.7 Å². The monoisotopic (exact) mass is 317 g/mol. The van der Waals surface area contributed by atoms with E-state index in [9.17, 15) is 4.79 Å². The molecule has 1 amide bonds. The molecular weight excluding hydrogens is 282 g/mol. The molecule has 1 N–H and O–H groups in total. The van der Waals surface area contributed by atoms with E-state index in [1.807, 2.05) is 0 Å². The summed E-state index contributed by atoms with van der Waals surface area (Å²) in [4.78, 5) is 12.4. The van der Waals surface area contributed by atoms with Gasteiger partial charge in [-0.25, -0.2) is 0 Å². The van der Waals surface area contributed by atoms with Crippen LogP contribution in [0.5, 0.6) is 0 Å². The highest BCUT2D eigenvalue weighted by Crippen LogP contribution is 2.57. The quantitative estimate of drug-likeness (QED) is 0.703. The molecule has 2 bridgehead atoms. The van der Waals surface area contributed by atoms with E-state index in [4.69, 9.17) is 0 Å². The van der Waals surface area contributed by atoms with Crippen LogP contribution < -0.4 is 5.32 Å². The van der Waals surface area contributed by atoms with Gasteiger partial charge in [0.2, 0.25) is 5.91 Å². The topological polar surface area (TPSA) is 29.1 Å². The van der Waals surface area contributed by atoms with Gasteiger partial charge in [0.25, 0.3) is 0 Å². The van der Waals surface area contributed by atoms with Gasteiger partial charge in [-0.1, -0.05) is 52.5 Å². The van der Waals surface area contributed by atoms with Crippen LogP contribution >= 0.6 is 0 Å². The van der Waals surface area contributed by atoms with E-state index in [1.54, 1.807) is 0 Å². The Hall–Kier alpha value is -0.790. The highest BCUT2D eigenvalue weighted by molar-refractivity contribution is 5.87. The Morgan fingerprint density at radius 1 is 1.22 bits per heavy atom. The zero-order chi connectivity index (χ0) is 16.4. The number of hydrogen-bond acceptors (Lipinski definition) is 1. The smallest absolute Gasteiger partial charge is 0.243 e. The fraction of sp³-hybridized carbons (Fsp3) is 0.857. The van der Waals surface area contributed by atoms with Crippen LogP contribution in [-0.2, 0) is 4.79 Å². The molecule has 0 saturated heterocycles. The SMILES string of the molecule is C=CC(=O)NC1(C2CCCC2C)C(CCC)CC2CCCC1C2. The first-order valence-electron chi connectivity index (χ1n) is 10.1. The predicted molar refractivity (Wildman–Crippen MR) is 96.0 cm³/mol. The summed E-state index contributed by atoms with van der Waals surface area (Å²) in [7, 11) is 0. The van der Waals surface area contributed by atoms with Gasteiger partial charge in [0.05, 0.1) is 0 Å². The number of amides is 1. The van der Waals surface area contributed by atoms with Crippen LogP contribution in [0.25, 0.3) is 0 Å². The van der Waals surface area contributed by atoms with Crippen molar-refractivity contribution in [1.29, 1.82) is 0 Å². The Morgan fingerprint density at radius 2 is 2.00 bits per heavy atom. The maximum absolute atomic E-state index is 12.4. The molecule has 130 valence electrons. The molecule has 3 rings (SSSR count). The molecule has 3 fully saturated rings. The van der Waals surface area contributed by atoms with E-state index in [0.717, 1.165) is 11.8 Å². The minimum absolute atomic E-state index is 0.0497. The molecule has 6 unspecified atom stereocenters. The van der Waals surface area contributed by atoms with E-state index < -0.39 is 0 Å². The maximum atomic E-state index is 12.4. The van der Waals surface area contributed by atoms with E-state index >= 15 is 0 Å². The second-order valence-corrected chi connectivity index (χ2v) is 8.59. The van der Waals surface area contributed by atoms with Crippen LogP contribution in [0.2, 0.25) is 0 Å². The Morgan fingerprint density at radius 3 is 2.65 bits per heavy atom. The molecule has 6 atom stereocenters. The lowest BCUT2D eigenvalue weighted by Crippen LogP contribution is -2.66. The summed E-state index contributed by atoms with van der Waals surface area (Å²) in [6.07, 6.45) is 14.8. The minimum Gasteiger partial charge on any atom is -0.346 e. The summed E-state index contributed by atoms with van der Waals surface area (Å²) < 4.78 is 0. The van der Waals surface area contributed by atoms with Crippen molar-refractivity contribution in [2.24, 2.45) is 29.6 Å². The average Bonchev–Trinajstić information content (AvgIpc) is 2.98. The lowest BCUT2D eigenvalue weighted by molar-refractivity contribution is -0.126. The standard InChI is InChI=1S/C21H35NO/c1-4-8-17-13-16-10-7-11-18(14-16)21(17,22-20(23)5-2)19-12-6-9-15(19)3/h5,15-19H,2,4,6-14H2,1,3H3,(H,22,23). The van der Waals surface area contributed by atoms with Crippen molar-refractivity contribution in [2.75, 3.05) is 0 Å². The van der Waals surface area contributed by atoms with Crippen LogP contribution in [-0.4, -0.2) is 11.4 Å². The van der Waals surface area contributed by atoms with Crippen molar-refractivity contribution in [1.82, 2.24) is 5.32 Å². The van der Waals surface area contributed by atoms with Gasteiger partial charge in [-0.05, 0) is 67.8 Å². The van der Waals surface area contributed by atoms with Crippen LogP contribution in [0.3, 0.4) is 0 Å². The van der Waals surface area contributed by atoms with Crippen LogP contribution in [0.1, 0.15) is 78.1 Å². The van der Waals surface area contributed by atoms with Gasteiger partial charge in [-0.3, -0.25) is 4.79 Å². The van der Waals surface area contributed by atoms with Crippen molar-refractivity contribution in [3.63, 3.8) is 0 Å². The normalized spacial score (nSPS) is 43.1. The fourth-order valence-corrected chi connectivity index (χ4v) is 6.60. The Balaban J connectivity index is 2.00. The van der Waals surface area contributed by atoms with Gasteiger partial charge in [0.1, 0.15) is 0 Å². The van der Waals surface area contributed by atoms with Crippen molar-refractivity contribution >= 4 is 5.91 Å². The third kappa shape index (κ3) is 2.98. The minimum atomic E-state index is 0.0497. The number of carbonyl (C=O) groups excluding carboxylic acids is 1. The molecule has 0 spiro atoms. The number of nitrogens with one attached hydrogen (secondary N) is 1. The average molecular weight is 318 g/mol. The largest absolute Gasteiger partial charge is 0.346 e. The molecule has 23 heavy (non-hydrogen) atoms. The number of hydrogen-bond donors (Lipinski definition) is 1.